The van der Waals surface area contributed by atoms with Gasteiger partial charge in [-0.15, -0.1) is 0 Å². The molecule has 0 aliphatic carbocycles. The summed E-state index contributed by atoms with van der Waals surface area (Å²) in [6.07, 6.45) is 3.24. The largest absolute Gasteiger partial charge is 0.496 e. The van der Waals surface area contributed by atoms with Crippen LogP contribution in [0.4, 0.5) is 0 Å². The number of ether oxygens (including phenoxy) is 2. The van der Waals surface area contributed by atoms with Crippen LogP contribution in [0.5, 0.6) is 5.75 Å². The Morgan fingerprint density at radius 3 is 2.68 bits per heavy atom. The second-order valence-electron chi connectivity index (χ2n) is 4.68. The van der Waals surface area contributed by atoms with Crippen molar-refractivity contribution < 1.29 is 19.1 Å². The lowest BCUT2D eigenvalue weighted by molar-refractivity contribution is -0.146. The summed E-state index contributed by atoms with van der Waals surface area (Å²) < 4.78 is 10.3. The van der Waals surface area contributed by atoms with E-state index in [0.29, 0.717) is 24.3 Å². The summed E-state index contributed by atoms with van der Waals surface area (Å²) in [6.45, 7) is 2.29. The second-order valence-corrected chi connectivity index (χ2v) is 5.66. The molecule has 1 N–H and O–H groups in total. The Bertz CT molecular complexity index is 493. The molecule has 6 heteroatoms. The molecule has 1 unspecified atom stereocenters. The van der Waals surface area contributed by atoms with E-state index in [4.69, 9.17) is 9.47 Å². The topological polar surface area (TPSA) is 64.6 Å². The third-order valence-corrected chi connectivity index (χ3v) is 3.64. The Labute approximate surface area is 135 Å². The van der Waals surface area contributed by atoms with Gasteiger partial charge in [-0.25, -0.2) is 4.79 Å². The van der Waals surface area contributed by atoms with Crippen molar-refractivity contribution in [2.75, 3.05) is 25.7 Å². The summed E-state index contributed by atoms with van der Waals surface area (Å²) in [7, 11) is 1.51. The number of hydrogen-bond acceptors (Lipinski definition) is 5. The van der Waals surface area contributed by atoms with Crippen molar-refractivity contribution in [3.05, 3.63) is 29.8 Å². The molecule has 0 bridgehead atoms. The summed E-state index contributed by atoms with van der Waals surface area (Å²) in [5.41, 5.74) is 0.405. The Morgan fingerprint density at radius 2 is 2.05 bits per heavy atom. The lowest BCUT2D eigenvalue weighted by Gasteiger charge is -2.18. The average molecular weight is 325 g/mol. The van der Waals surface area contributed by atoms with Gasteiger partial charge in [0.2, 0.25) is 0 Å². The summed E-state index contributed by atoms with van der Waals surface area (Å²) >= 11 is 1.62. The van der Waals surface area contributed by atoms with Crippen molar-refractivity contribution in [1.82, 2.24) is 5.32 Å². The zero-order chi connectivity index (χ0) is 16.4. The Balaban J connectivity index is 2.79. The summed E-state index contributed by atoms with van der Waals surface area (Å²) in [5.74, 6) is 0.514. The predicted octanol–water partition coefficient (Wildman–Crippen LogP) is 2.50. The van der Waals surface area contributed by atoms with E-state index < -0.39 is 6.04 Å². The standard InChI is InChI=1S/C16H23NO4S/c1-4-10-21-16(19)13(9-11-22-3)17-15(18)12-7-5-6-8-14(12)20-2/h5-8,13H,4,9-11H2,1-3H3,(H,17,18). The molecule has 0 saturated carbocycles. The first kappa shape index (κ1) is 18.4. The SMILES string of the molecule is CCCOC(=O)C(CCSC)NC(=O)c1ccccc1OC. The molecule has 5 nitrogen and oxygen atoms in total. The van der Waals surface area contributed by atoms with Crippen LogP contribution in [0.3, 0.4) is 0 Å². The van der Waals surface area contributed by atoms with Crippen LogP contribution in [0.15, 0.2) is 24.3 Å². The number of rotatable bonds is 9. The van der Waals surface area contributed by atoms with E-state index in [0.717, 1.165) is 12.2 Å². The fourth-order valence-corrected chi connectivity index (χ4v) is 2.33. The smallest absolute Gasteiger partial charge is 0.328 e. The highest BCUT2D eigenvalue weighted by atomic mass is 32.2. The van der Waals surface area contributed by atoms with E-state index in [1.165, 1.54) is 7.11 Å². The lowest BCUT2D eigenvalue weighted by Crippen LogP contribution is -2.42. The second kappa shape index (κ2) is 10.1. The van der Waals surface area contributed by atoms with Crippen LogP contribution in [0.25, 0.3) is 0 Å². The van der Waals surface area contributed by atoms with Crippen LogP contribution in [0.1, 0.15) is 30.1 Å². The van der Waals surface area contributed by atoms with Gasteiger partial charge in [-0.05, 0) is 37.0 Å². The van der Waals surface area contributed by atoms with Crippen molar-refractivity contribution in [1.29, 1.82) is 0 Å². The van der Waals surface area contributed by atoms with Crippen molar-refractivity contribution in [3.63, 3.8) is 0 Å². The van der Waals surface area contributed by atoms with Crippen LogP contribution >= 0.6 is 11.8 Å². The monoisotopic (exact) mass is 325 g/mol. The molecule has 0 heterocycles. The Morgan fingerprint density at radius 1 is 1.32 bits per heavy atom. The fraction of sp³-hybridized carbons (Fsp3) is 0.500. The highest BCUT2D eigenvalue weighted by Crippen LogP contribution is 2.17. The van der Waals surface area contributed by atoms with Gasteiger partial charge < -0.3 is 14.8 Å². The highest BCUT2D eigenvalue weighted by molar-refractivity contribution is 7.98. The summed E-state index contributed by atoms with van der Waals surface area (Å²) in [5, 5.41) is 2.74. The number of amides is 1. The van der Waals surface area contributed by atoms with Gasteiger partial charge in [-0.2, -0.15) is 11.8 Å². The van der Waals surface area contributed by atoms with Gasteiger partial charge in [0.1, 0.15) is 11.8 Å². The maximum atomic E-state index is 12.4. The van der Waals surface area contributed by atoms with E-state index >= 15 is 0 Å². The normalized spacial score (nSPS) is 11.6. The fourth-order valence-electron chi connectivity index (χ4n) is 1.86. The van der Waals surface area contributed by atoms with E-state index in [-0.39, 0.29) is 11.9 Å². The minimum Gasteiger partial charge on any atom is -0.496 e. The molecule has 122 valence electrons. The number of benzene rings is 1. The molecule has 0 fully saturated rings. The molecular formula is C16H23NO4S. The zero-order valence-electron chi connectivity index (χ0n) is 13.3. The molecule has 1 rings (SSSR count). The number of methoxy groups -OCH3 is 1. The molecule has 0 spiro atoms. The van der Waals surface area contributed by atoms with E-state index in [1.807, 2.05) is 13.2 Å². The predicted molar refractivity (Wildman–Crippen MR) is 88.5 cm³/mol. The maximum Gasteiger partial charge on any atom is 0.328 e. The quantitative estimate of drug-likeness (QED) is 0.707. The number of thioether (sulfide) groups is 1. The number of carbonyl (C=O) groups is 2. The number of hydrogen-bond donors (Lipinski definition) is 1. The van der Waals surface area contributed by atoms with Gasteiger partial charge >= 0.3 is 5.97 Å². The molecule has 0 aromatic heterocycles. The molecule has 0 aliphatic heterocycles. The van der Waals surface area contributed by atoms with Crippen molar-refractivity contribution in [2.45, 2.75) is 25.8 Å². The zero-order valence-corrected chi connectivity index (χ0v) is 14.1. The van der Waals surface area contributed by atoms with E-state index in [9.17, 15) is 9.59 Å². The minimum absolute atomic E-state index is 0.336. The van der Waals surface area contributed by atoms with E-state index in [2.05, 4.69) is 5.32 Å². The Kier molecular flexibility index (Phi) is 8.43. The van der Waals surface area contributed by atoms with Crippen LogP contribution in [-0.2, 0) is 9.53 Å². The first-order valence-corrected chi connectivity index (χ1v) is 8.62. The summed E-state index contributed by atoms with van der Waals surface area (Å²) in [6, 6.07) is 6.27. The maximum absolute atomic E-state index is 12.4. The lowest BCUT2D eigenvalue weighted by atomic mass is 10.1. The van der Waals surface area contributed by atoms with Gasteiger partial charge in [-0.3, -0.25) is 4.79 Å². The van der Waals surface area contributed by atoms with Crippen LogP contribution in [-0.4, -0.2) is 43.6 Å². The van der Waals surface area contributed by atoms with Crippen molar-refractivity contribution in [2.24, 2.45) is 0 Å². The number of nitrogens with one attached hydrogen (secondary N) is 1. The molecule has 22 heavy (non-hydrogen) atoms. The van der Waals surface area contributed by atoms with Gasteiger partial charge in [0.05, 0.1) is 19.3 Å². The highest BCUT2D eigenvalue weighted by Gasteiger charge is 2.23. The number of para-hydroxylation sites is 1. The first-order chi connectivity index (χ1) is 10.6. The van der Waals surface area contributed by atoms with Gasteiger partial charge in [0, 0.05) is 0 Å². The molecule has 1 atom stereocenters. The summed E-state index contributed by atoms with van der Waals surface area (Å²) in [4.78, 5) is 24.4. The molecule has 1 aromatic carbocycles. The Hall–Kier alpha value is -1.69. The third-order valence-electron chi connectivity index (χ3n) is 3.00. The van der Waals surface area contributed by atoms with Crippen LogP contribution < -0.4 is 10.1 Å². The van der Waals surface area contributed by atoms with Gasteiger partial charge in [0.15, 0.2) is 0 Å². The van der Waals surface area contributed by atoms with E-state index in [1.54, 1.807) is 36.0 Å². The van der Waals surface area contributed by atoms with Gasteiger partial charge in [0.25, 0.3) is 5.91 Å². The number of carbonyl (C=O) groups excluding carboxylic acids is 2. The third kappa shape index (κ3) is 5.60. The van der Waals surface area contributed by atoms with Gasteiger partial charge in [-0.1, -0.05) is 19.1 Å². The molecule has 1 amide bonds. The number of esters is 1. The molecule has 1 aromatic rings. The van der Waals surface area contributed by atoms with Crippen molar-refractivity contribution in [3.8, 4) is 5.75 Å². The minimum atomic E-state index is -0.642. The average Bonchev–Trinajstić information content (AvgIpc) is 2.55. The molecule has 0 radical (unpaired) electrons. The molecular weight excluding hydrogens is 302 g/mol. The molecule has 0 aliphatic rings. The molecule has 0 saturated heterocycles. The van der Waals surface area contributed by atoms with Crippen molar-refractivity contribution >= 4 is 23.6 Å². The van der Waals surface area contributed by atoms with Crippen LogP contribution in [0.2, 0.25) is 0 Å². The van der Waals surface area contributed by atoms with Crippen LogP contribution in [0, 0.1) is 0 Å². The first-order valence-electron chi connectivity index (χ1n) is 7.23.